The van der Waals surface area contributed by atoms with E-state index in [9.17, 15) is 18.0 Å². The van der Waals surface area contributed by atoms with Crippen molar-refractivity contribution in [3.05, 3.63) is 0 Å². The average Bonchev–Trinajstić information content (AvgIpc) is 1.94. The molecule has 1 aliphatic carbocycles. The summed E-state index contributed by atoms with van der Waals surface area (Å²) >= 11 is 0. The van der Waals surface area contributed by atoms with Crippen LogP contribution in [0.1, 0.15) is 26.2 Å². The minimum absolute atomic E-state index is 0.0549. The van der Waals surface area contributed by atoms with Gasteiger partial charge < -0.3 is 10.1 Å². The minimum Gasteiger partial charge on any atom is -0.453 e. The van der Waals surface area contributed by atoms with Crippen molar-refractivity contribution in [3.63, 3.8) is 0 Å². The number of ether oxygens (including phenoxy) is 1. The Kier molecular flexibility index (Phi) is 2.05. The summed E-state index contributed by atoms with van der Waals surface area (Å²) in [5, 5.41) is 3.15. The monoisotopic (exact) mass is 223 g/mol. The molecule has 6 heteroatoms. The molecule has 3 nitrogen and oxygen atoms in total. The molecule has 0 radical (unpaired) electrons. The molecule has 0 aromatic heterocycles. The van der Waals surface area contributed by atoms with Crippen molar-refractivity contribution in [3.8, 4) is 0 Å². The van der Waals surface area contributed by atoms with Crippen LogP contribution in [0.15, 0.2) is 0 Å². The number of hydrogen-bond donors (Lipinski definition) is 1. The topological polar surface area (TPSA) is 38.3 Å². The number of alkyl halides is 3. The molecule has 1 spiro atoms. The van der Waals surface area contributed by atoms with Gasteiger partial charge in [0.1, 0.15) is 5.60 Å². The Morgan fingerprint density at radius 2 is 1.93 bits per heavy atom. The van der Waals surface area contributed by atoms with E-state index in [2.05, 4.69) is 10.1 Å². The van der Waals surface area contributed by atoms with Gasteiger partial charge >= 0.3 is 12.1 Å². The first-order valence-corrected chi connectivity index (χ1v) is 4.80. The summed E-state index contributed by atoms with van der Waals surface area (Å²) in [6, 6.07) is 0. The van der Waals surface area contributed by atoms with Gasteiger partial charge in [0.05, 0.1) is 0 Å². The molecule has 15 heavy (non-hydrogen) atoms. The highest BCUT2D eigenvalue weighted by Crippen LogP contribution is 2.49. The van der Waals surface area contributed by atoms with E-state index in [1.807, 2.05) is 0 Å². The highest BCUT2D eigenvalue weighted by molar-refractivity contribution is 5.76. The van der Waals surface area contributed by atoms with Crippen LogP contribution in [0.2, 0.25) is 0 Å². The molecular weight excluding hydrogens is 211 g/mol. The number of hydrogen-bond acceptors (Lipinski definition) is 3. The maximum atomic E-state index is 11.9. The van der Waals surface area contributed by atoms with Crippen molar-refractivity contribution in [2.75, 3.05) is 6.54 Å². The third-order valence-electron chi connectivity index (χ3n) is 3.10. The van der Waals surface area contributed by atoms with Gasteiger partial charge in [-0.25, -0.2) is 4.79 Å². The van der Waals surface area contributed by atoms with Gasteiger partial charge in [-0.1, -0.05) is 0 Å². The zero-order valence-corrected chi connectivity index (χ0v) is 8.28. The lowest BCUT2D eigenvalue weighted by Gasteiger charge is -2.59. The molecule has 86 valence electrons. The minimum atomic E-state index is -4.89. The predicted molar refractivity (Wildman–Crippen MR) is 45.1 cm³/mol. The lowest BCUT2D eigenvalue weighted by Crippen LogP contribution is -2.71. The molecule has 2 fully saturated rings. The number of rotatable bonds is 1. The van der Waals surface area contributed by atoms with Crippen molar-refractivity contribution in [1.29, 1.82) is 0 Å². The fourth-order valence-corrected chi connectivity index (χ4v) is 2.51. The second-order valence-corrected chi connectivity index (χ2v) is 4.65. The Labute approximate surface area is 85.0 Å². The zero-order valence-electron chi connectivity index (χ0n) is 8.28. The van der Waals surface area contributed by atoms with Gasteiger partial charge in [-0.15, -0.1) is 0 Å². The summed E-state index contributed by atoms with van der Waals surface area (Å²) in [5.41, 5.74) is -0.999. The lowest BCUT2D eigenvalue weighted by atomic mass is 9.61. The van der Waals surface area contributed by atoms with Crippen molar-refractivity contribution in [2.45, 2.75) is 43.5 Å². The largest absolute Gasteiger partial charge is 0.490 e. The average molecular weight is 223 g/mol. The Hall–Kier alpha value is -0.780. The summed E-state index contributed by atoms with van der Waals surface area (Å²) in [6.45, 7) is 2.44. The molecule has 2 aliphatic rings. The Morgan fingerprint density at radius 3 is 2.27 bits per heavy atom. The van der Waals surface area contributed by atoms with E-state index in [-0.39, 0.29) is 5.54 Å². The third kappa shape index (κ3) is 1.82. The van der Waals surface area contributed by atoms with E-state index in [1.54, 1.807) is 6.92 Å². The summed E-state index contributed by atoms with van der Waals surface area (Å²) in [4.78, 5) is 10.6. The fraction of sp³-hybridized carbons (Fsp3) is 0.889. The van der Waals surface area contributed by atoms with Gasteiger partial charge in [-0.3, -0.25) is 0 Å². The van der Waals surface area contributed by atoms with Crippen LogP contribution in [0.4, 0.5) is 13.2 Å². The van der Waals surface area contributed by atoms with Gasteiger partial charge in [0, 0.05) is 18.4 Å². The standard InChI is InChI=1S/C9H12F3NO2/c1-7(15-6(14)9(10,11)12)4-8(5-7)2-3-13-8/h13H,2-5H2,1H3. The van der Waals surface area contributed by atoms with Crippen molar-refractivity contribution in [1.82, 2.24) is 5.32 Å². The molecule has 0 atom stereocenters. The Morgan fingerprint density at radius 1 is 1.40 bits per heavy atom. The van der Waals surface area contributed by atoms with Gasteiger partial charge in [0.25, 0.3) is 0 Å². The second kappa shape index (κ2) is 2.87. The molecule has 1 saturated carbocycles. The van der Waals surface area contributed by atoms with Gasteiger partial charge in [0.2, 0.25) is 0 Å². The maximum absolute atomic E-state index is 11.9. The van der Waals surface area contributed by atoms with E-state index in [1.165, 1.54) is 0 Å². The first kappa shape index (κ1) is 10.7. The first-order valence-electron chi connectivity index (χ1n) is 4.80. The van der Waals surface area contributed by atoms with Crippen molar-refractivity contribution < 1.29 is 22.7 Å². The van der Waals surface area contributed by atoms with Gasteiger partial charge in [0.15, 0.2) is 0 Å². The van der Waals surface area contributed by atoms with Crippen LogP contribution in [-0.2, 0) is 9.53 Å². The number of esters is 1. The lowest BCUT2D eigenvalue weighted by molar-refractivity contribution is -0.229. The molecule has 0 aromatic rings. The molecule has 0 amide bonds. The normalized spacial score (nSPS) is 39.5. The molecule has 2 rings (SSSR count). The highest BCUT2D eigenvalue weighted by atomic mass is 19.4. The summed E-state index contributed by atoms with van der Waals surface area (Å²) < 4.78 is 40.3. The Bertz CT molecular complexity index is 288. The van der Waals surface area contributed by atoms with Crippen LogP contribution in [-0.4, -0.2) is 29.8 Å². The van der Waals surface area contributed by atoms with E-state index < -0.39 is 17.7 Å². The summed E-state index contributed by atoms with van der Waals surface area (Å²) in [7, 11) is 0. The van der Waals surface area contributed by atoms with Crippen LogP contribution >= 0.6 is 0 Å². The van der Waals surface area contributed by atoms with E-state index >= 15 is 0 Å². The summed E-state index contributed by atoms with van der Waals surface area (Å²) in [6.07, 6.45) is -2.99. The molecule has 1 heterocycles. The first-order chi connectivity index (χ1) is 6.75. The van der Waals surface area contributed by atoms with E-state index in [0.29, 0.717) is 12.8 Å². The molecule has 1 saturated heterocycles. The van der Waals surface area contributed by atoms with Gasteiger partial charge in [-0.2, -0.15) is 13.2 Å². The fourth-order valence-electron chi connectivity index (χ4n) is 2.51. The third-order valence-corrected chi connectivity index (χ3v) is 3.10. The van der Waals surface area contributed by atoms with Crippen LogP contribution in [0.25, 0.3) is 0 Å². The Balaban J connectivity index is 1.88. The SMILES string of the molecule is CC1(OC(=O)C(F)(F)F)CC2(CCN2)C1. The number of halogens is 3. The van der Waals surface area contributed by atoms with Crippen molar-refractivity contribution in [2.24, 2.45) is 0 Å². The second-order valence-electron chi connectivity index (χ2n) is 4.65. The van der Waals surface area contributed by atoms with Crippen LogP contribution in [0.3, 0.4) is 0 Å². The summed E-state index contributed by atoms with van der Waals surface area (Å²) in [5.74, 6) is -2.08. The molecule has 1 aliphatic heterocycles. The quantitative estimate of drug-likeness (QED) is 0.682. The highest BCUT2D eigenvalue weighted by Gasteiger charge is 2.59. The van der Waals surface area contributed by atoms with E-state index in [0.717, 1.165) is 13.0 Å². The molecular formula is C9H12F3NO2. The van der Waals surface area contributed by atoms with Crippen LogP contribution < -0.4 is 5.32 Å². The molecule has 0 aromatic carbocycles. The number of carbonyl (C=O) groups is 1. The molecule has 1 N–H and O–H groups in total. The number of nitrogens with one attached hydrogen (secondary N) is 1. The van der Waals surface area contributed by atoms with Crippen LogP contribution in [0.5, 0.6) is 0 Å². The predicted octanol–water partition coefficient (Wildman–Crippen LogP) is 1.38. The number of carbonyl (C=O) groups excluding carboxylic acids is 1. The molecule has 0 unspecified atom stereocenters. The zero-order chi connectivity index (χ0) is 11.3. The smallest absolute Gasteiger partial charge is 0.453 e. The maximum Gasteiger partial charge on any atom is 0.490 e. The van der Waals surface area contributed by atoms with Crippen molar-refractivity contribution >= 4 is 5.97 Å². The van der Waals surface area contributed by atoms with E-state index in [4.69, 9.17) is 0 Å². The van der Waals surface area contributed by atoms with Crippen LogP contribution in [0, 0.1) is 0 Å². The molecule has 0 bridgehead atoms. The van der Waals surface area contributed by atoms with Gasteiger partial charge in [-0.05, 0) is 19.9 Å².